The van der Waals surface area contributed by atoms with E-state index < -0.39 is 0 Å². The van der Waals surface area contributed by atoms with Gasteiger partial charge in [0, 0.05) is 23.6 Å². The molecule has 5 nitrogen and oxygen atoms in total. The van der Waals surface area contributed by atoms with E-state index in [0.29, 0.717) is 5.25 Å². The van der Waals surface area contributed by atoms with Gasteiger partial charge in [-0.1, -0.05) is 36.9 Å². The number of rotatable bonds is 5. The third-order valence-electron chi connectivity index (χ3n) is 4.78. The molecule has 0 aliphatic carbocycles. The molecular formula is C21H25N3O2S. The van der Waals surface area contributed by atoms with Crippen molar-refractivity contribution in [2.24, 2.45) is 4.99 Å². The van der Waals surface area contributed by atoms with E-state index in [1.54, 1.807) is 7.11 Å². The van der Waals surface area contributed by atoms with Gasteiger partial charge in [0.05, 0.1) is 24.9 Å². The number of para-hydroxylation sites is 1. The maximum absolute atomic E-state index is 6.21. The fraction of sp³-hybridized carbons (Fsp3) is 0.429. The van der Waals surface area contributed by atoms with Gasteiger partial charge in [-0.25, -0.2) is 0 Å². The van der Waals surface area contributed by atoms with Crippen molar-refractivity contribution in [1.82, 2.24) is 9.88 Å². The SMILES string of the molecule is COc1cccc([C@@H]2[C@H](c3ccccn3)N=C3S[C@H](C)CN32)c1OC(C)C. The Morgan fingerprint density at radius 2 is 2.04 bits per heavy atom. The van der Waals surface area contributed by atoms with Crippen LogP contribution in [0.15, 0.2) is 47.6 Å². The van der Waals surface area contributed by atoms with E-state index >= 15 is 0 Å². The van der Waals surface area contributed by atoms with Gasteiger partial charge < -0.3 is 14.4 Å². The smallest absolute Gasteiger partial charge is 0.166 e. The van der Waals surface area contributed by atoms with E-state index in [-0.39, 0.29) is 18.2 Å². The lowest BCUT2D eigenvalue weighted by Crippen LogP contribution is -2.29. The Balaban J connectivity index is 1.83. The summed E-state index contributed by atoms with van der Waals surface area (Å²) in [6.45, 7) is 7.29. The van der Waals surface area contributed by atoms with Crippen LogP contribution in [0.25, 0.3) is 0 Å². The Hall–Kier alpha value is -2.21. The van der Waals surface area contributed by atoms with Gasteiger partial charge in [0.25, 0.3) is 0 Å². The molecule has 0 N–H and O–H groups in total. The van der Waals surface area contributed by atoms with Gasteiger partial charge in [0.1, 0.15) is 6.04 Å². The van der Waals surface area contributed by atoms with Gasteiger partial charge in [-0.2, -0.15) is 0 Å². The van der Waals surface area contributed by atoms with Crippen molar-refractivity contribution in [3.05, 3.63) is 53.9 Å². The number of benzene rings is 1. The molecule has 0 saturated carbocycles. The number of pyridine rings is 1. The minimum absolute atomic E-state index is 0.0520. The Bertz CT molecular complexity index is 841. The van der Waals surface area contributed by atoms with Gasteiger partial charge in [-0.05, 0) is 32.0 Å². The molecule has 1 saturated heterocycles. The molecule has 0 radical (unpaired) electrons. The summed E-state index contributed by atoms with van der Waals surface area (Å²) in [7, 11) is 1.69. The molecule has 0 bridgehead atoms. The summed E-state index contributed by atoms with van der Waals surface area (Å²) in [5.74, 6) is 1.57. The predicted molar refractivity (Wildman–Crippen MR) is 110 cm³/mol. The Morgan fingerprint density at radius 3 is 2.74 bits per heavy atom. The van der Waals surface area contributed by atoms with Crippen LogP contribution in [0.2, 0.25) is 0 Å². The Morgan fingerprint density at radius 1 is 1.19 bits per heavy atom. The summed E-state index contributed by atoms with van der Waals surface area (Å²) in [5.41, 5.74) is 2.09. The zero-order valence-corrected chi connectivity index (χ0v) is 16.9. The van der Waals surface area contributed by atoms with Crippen LogP contribution in [-0.4, -0.2) is 40.1 Å². The quantitative estimate of drug-likeness (QED) is 0.762. The molecule has 27 heavy (non-hydrogen) atoms. The van der Waals surface area contributed by atoms with E-state index in [0.717, 1.165) is 34.5 Å². The highest BCUT2D eigenvalue weighted by molar-refractivity contribution is 8.14. The minimum atomic E-state index is -0.0529. The zero-order valence-electron chi connectivity index (χ0n) is 16.1. The second kappa shape index (κ2) is 7.43. The standard InChI is InChI=1S/C21H25N3O2S/c1-13(2)26-20-15(8-7-10-17(20)25-4)19-18(16-9-5-6-11-22-16)23-21-24(19)12-14(3)27-21/h5-11,13-14,18-19H,12H2,1-4H3/t14-,18+,19-/m1/s1. The fourth-order valence-electron chi connectivity index (χ4n) is 3.74. The molecular weight excluding hydrogens is 358 g/mol. The monoisotopic (exact) mass is 383 g/mol. The maximum atomic E-state index is 6.21. The molecule has 0 unspecified atom stereocenters. The van der Waals surface area contributed by atoms with Crippen molar-refractivity contribution in [1.29, 1.82) is 0 Å². The van der Waals surface area contributed by atoms with Gasteiger partial charge in [0.15, 0.2) is 16.7 Å². The first kappa shape index (κ1) is 18.2. The number of hydrogen-bond donors (Lipinski definition) is 0. The molecule has 6 heteroatoms. The van der Waals surface area contributed by atoms with Crippen LogP contribution in [0, 0.1) is 0 Å². The molecule has 0 spiro atoms. The zero-order chi connectivity index (χ0) is 19.0. The minimum Gasteiger partial charge on any atom is -0.493 e. The Labute approximate surface area is 164 Å². The van der Waals surface area contributed by atoms with Crippen LogP contribution in [0.1, 0.15) is 44.1 Å². The Kier molecular flexibility index (Phi) is 5.00. The summed E-state index contributed by atoms with van der Waals surface area (Å²) < 4.78 is 11.8. The molecule has 1 fully saturated rings. The molecule has 2 aliphatic rings. The van der Waals surface area contributed by atoms with Crippen LogP contribution in [0.5, 0.6) is 11.5 Å². The average Bonchev–Trinajstić information content (AvgIpc) is 3.18. The molecule has 1 aromatic heterocycles. The molecule has 142 valence electrons. The van der Waals surface area contributed by atoms with E-state index in [1.165, 1.54) is 0 Å². The number of hydrogen-bond acceptors (Lipinski definition) is 6. The van der Waals surface area contributed by atoms with Crippen molar-refractivity contribution in [2.75, 3.05) is 13.7 Å². The molecule has 1 aromatic carbocycles. The van der Waals surface area contributed by atoms with Crippen LogP contribution in [0.4, 0.5) is 0 Å². The van der Waals surface area contributed by atoms with Crippen LogP contribution in [0.3, 0.4) is 0 Å². The van der Waals surface area contributed by atoms with Crippen molar-refractivity contribution in [3.8, 4) is 11.5 Å². The summed E-state index contributed by atoms with van der Waals surface area (Å²) in [6, 6.07) is 12.1. The number of fused-ring (bicyclic) bond motifs is 1. The highest BCUT2D eigenvalue weighted by Gasteiger charge is 2.45. The molecule has 0 amide bonds. The number of amidine groups is 1. The summed E-state index contributed by atoms with van der Waals surface area (Å²) in [5, 5.41) is 1.62. The molecule has 3 heterocycles. The van der Waals surface area contributed by atoms with Crippen molar-refractivity contribution in [2.45, 2.75) is 44.2 Å². The number of thioether (sulfide) groups is 1. The lowest BCUT2D eigenvalue weighted by atomic mass is 9.95. The van der Waals surface area contributed by atoms with E-state index in [4.69, 9.17) is 14.5 Å². The fourth-order valence-corrected chi connectivity index (χ4v) is 4.84. The van der Waals surface area contributed by atoms with Crippen LogP contribution in [-0.2, 0) is 0 Å². The summed E-state index contributed by atoms with van der Waals surface area (Å²) in [4.78, 5) is 12.1. The third kappa shape index (κ3) is 3.38. The first-order valence-corrected chi connectivity index (χ1v) is 10.2. The number of methoxy groups -OCH3 is 1. The van der Waals surface area contributed by atoms with Crippen molar-refractivity contribution in [3.63, 3.8) is 0 Å². The second-order valence-corrected chi connectivity index (χ2v) is 8.59. The highest BCUT2D eigenvalue weighted by atomic mass is 32.2. The largest absolute Gasteiger partial charge is 0.493 e. The molecule has 3 atom stereocenters. The van der Waals surface area contributed by atoms with Gasteiger partial charge >= 0.3 is 0 Å². The highest BCUT2D eigenvalue weighted by Crippen LogP contribution is 2.51. The van der Waals surface area contributed by atoms with Crippen molar-refractivity contribution >= 4 is 16.9 Å². The molecule has 2 aliphatic heterocycles. The topological polar surface area (TPSA) is 47.0 Å². The van der Waals surface area contributed by atoms with Crippen LogP contribution >= 0.6 is 11.8 Å². The molecule has 2 aromatic rings. The average molecular weight is 384 g/mol. The van der Waals surface area contributed by atoms with E-state index in [9.17, 15) is 0 Å². The van der Waals surface area contributed by atoms with Crippen molar-refractivity contribution < 1.29 is 9.47 Å². The summed E-state index contributed by atoms with van der Waals surface area (Å²) in [6.07, 6.45) is 1.89. The number of nitrogens with zero attached hydrogens (tertiary/aromatic N) is 3. The number of aromatic nitrogens is 1. The first-order chi connectivity index (χ1) is 13.1. The first-order valence-electron chi connectivity index (χ1n) is 9.34. The van der Waals surface area contributed by atoms with E-state index in [1.807, 2.05) is 56.1 Å². The van der Waals surface area contributed by atoms with Gasteiger partial charge in [0.2, 0.25) is 0 Å². The lowest BCUT2D eigenvalue weighted by molar-refractivity contribution is 0.218. The molecule has 4 rings (SSSR count). The van der Waals surface area contributed by atoms with Gasteiger partial charge in [-0.3, -0.25) is 9.98 Å². The van der Waals surface area contributed by atoms with Crippen LogP contribution < -0.4 is 9.47 Å². The third-order valence-corrected chi connectivity index (χ3v) is 5.88. The van der Waals surface area contributed by atoms with Gasteiger partial charge in [-0.15, -0.1) is 0 Å². The maximum Gasteiger partial charge on any atom is 0.166 e. The number of aliphatic imine (C=N–C) groups is 1. The lowest BCUT2D eigenvalue weighted by Gasteiger charge is -2.30. The normalized spacial score (nSPS) is 24.1. The second-order valence-electron chi connectivity index (χ2n) is 7.18. The number of ether oxygens (including phenoxy) is 2. The van der Waals surface area contributed by atoms with E-state index in [2.05, 4.69) is 28.9 Å². The predicted octanol–water partition coefficient (Wildman–Crippen LogP) is 4.47. The summed E-state index contributed by atoms with van der Waals surface area (Å²) >= 11 is 1.84.